The Hall–Kier alpha value is -2.16. The molecule has 0 saturated heterocycles. The number of amides is 1. The van der Waals surface area contributed by atoms with Crippen molar-refractivity contribution in [3.63, 3.8) is 0 Å². The normalized spacial score (nSPS) is 11.3. The summed E-state index contributed by atoms with van der Waals surface area (Å²) in [5.41, 5.74) is 3.11. The van der Waals surface area contributed by atoms with Gasteiger partial charge in [-0.2, -0.15) is 0 Å². The average Bonchev–Trinajstić information content (AvgIpc) is 2.42. The SMILES string of the molecule is Cc1ccc(F)cc1NC(=O)c1ccc(C(C)(C)C)cc1. The molecule has 0 aliphatic heterocycles. The number of carbonyl (C=O) groups excluding carboxylic acids is 1. The number of hydrogen-bond donors (Lipinski definition) is 1. The lowest BCUT2D eigenvalue weighted by Crippen LogP contribution is -2.15. The van der Waals surface area contributed by atoms with Gasteiger partial charge < -0.3 is 5.32 Å². The van der Waals surface area contributed by atoms with E-state index in [9.17, 15) is 9.18 Å². The summed E-state index contributed by atoms with van der Waals surface area (Å²) in [6, 6.07) is 11.9. The van der Waals surface area contributed by atoms with Crippen LogP contribution in [0.1, 0.15) is 42.3 Å². The van der Waals surface area contributed by atoms with Gasteiger partial charge in [-0.25, -0.2) is 4.39 Å². The van der Waals surface area contributed by atoms with Crippen molar-refractivity contribution in [2.24, 2.45) is 0 Å². The summed E-state index contributed by atoms with van der Waals surface area (Å²) in [6.45, 7) is 8.20. The molecule has 0 unspecified atom stereocenters. The predicted octanol–water partition coefficient (Wildman–Crippen LogP) is 4.68. The summed E-state index contributed by atoms with van der Waals surface area (Å²) >= 11 is 0. The first-order chi connectivity index (χ1) is 9.77. The number of hydrogen-bond acceptors (Lipinski definition) is 1. The molecular weight excluding hydrogens is 265 g/mol. The lowest BCUT2D eigenvalue weighted by atomic mass is 9.87. The Kier molecular flexibility index (Phi) is 4.12. The van der Waals surface area contributed by atoms with Gasteiger partial charge in [-0.1, -0.05) is 39.0 Å². The van der Waals surface area contributed by atoms with Crippen LogP contribution in [0.5, 0.6) is 0 Å². The average molecular weight is 285 g/mol. The second-order valence-corrected chi connectivity index (χ2v) is 6.24. The number of carbonyl (C=O) groups is 1. The van der Waals surface area contributed by atoms with E-state index in [1.807, 2.05) is 19.1 Å². The van der Waals surface area contributed by atoms with Crippen LogP contribution in [0, 0.1) is 12.7 Å². The summed E-state index contributed by atoms with van der Waals surface area (Å²) in [6.07, 6.45) is 0. The number of aryl methyl sites for hydroxylation is 1. The summed E-state index contributed by atoms with van der Waals surface area (Å²) in [5.74, 6) is -0.594. The topological polar surface area (TPSA) is 29.1 Å². The molecule has 2 aromatic carbocycles. The smallest absolute Gasteiger partial charge is 0.255 e. The minimum atomic E-state index is -0.362. The summed E-state index contributed by atoms with van der Waals surface area (Å²) in [5, 5.41) is 2.75. The van der Waals surface area contributed by atoms with Gasteiger partial charge in [0.25, 0.3) is 5.91 Å². The van der Waals surface area contributed by atoms with Gasteiger partial charge in [0.15, 0.2) is 0 Å². The zero-order valence-corrected chi connectivity index (χ0v) is 12.8. The molecule has 0 aromatic heterocycles. The van der Waals surface area contributed by atoms with Crippen LogP contribution in [0.25, 0.3) is 0 Å². The molecule has 0 atom stereocenters. The largest absolute Gasteiger partial charge is 0.322 e. The zero-order valence-electron chi connectivity index (χ0n) is 12.8. The van der Waals surface area contributed by atoms with E-state index in [0.29, 0.717) is 11.3 Å². The van der Waals surface area contributed by atoms with Gasteiger partial charge in [0.05, 0.1) is 0 Å². The van der Waals surface area contributed by atoms with Crippen molar-refractivity contribution < 1.29 is 9.18 Å². The first-order valence-corrected chi connectivity index (χ1v) is 6.95. The second kappa shape index (κ2) is 5.68. The molecule has 0 aliphatic carbocycles. The van der Waals surface area contributed by atoms with Gasteiger partial charge >= 0.3 is 0 Å². The molecule has 1 amide bonds. The fourth-order valence-corrected chi connectivity index (χ4v) is 2.04. The Morgan fingerprint density at radius 1 is 1.05 bits per heavy atom. The third-order valence-corrected chi connectivity index (χ3v) is 3.46. The van der Waals surface area contributed by atoms with Crippen LogP contribution in [0.3, 0.4) is 0 Å². The molecule has 2 rings (SSSR count). The summed E-state index contributed by atoms with van der Waals surface area (Å²) in [4.78, 5) is 12.2. The van der Waals surface area contributed by atoms with Gasteiger partial charge in [0, 0.05) is 11.3 Å². The van der Waals surface area contributed by atoms with Gasteiger partial charge in [-0.15, -0.1) is 0 Å². The van der Waals surface area contributed by atoms with Crippen LogP contribution in [0.15, 0.2) is 42.5 Å². The molecule has 2 nitrogen and oxygen atoms in total. The summed E-state index contributed by atoms with van der Waals surface area (Å²) < 4.78 is 13.2. The first-order valence-electron chi connectivity index (χ1n) is 6.95. The van der Waals surface area contributed by atoms with Crippen molar-refractivity contribution in [3.8, 4) is 0 Å². The quantitative estimate of drug-likeness (QED) is 0.852. The monoisotopic (exact) mass is 285 g/mol. The number of nitrogens with one attached hydrogen (secondary N) is 1. The lowest BCUT2D eigenvalue weighted by molar-refractivity contribution is 0.102. The molecule has 0 saturated carbocycles. The van der Waals surface area contributed by atoms with Crippen LogP contribution >= 0.6 is 0 Å². The first kappa shape index (κ1) is 15.2. The molecule has 3 heteroatoms. The Balaban J connectivity index is 2.19. The minimum absolute atomic E-state index is 0.0498. The molecule has 0 heterocycles. The van der Waals surface area contributed by atoms with Crippen LogP contribution in [-0.4, -0.2) is 5.91 Å². The molecule has 0 fully saturated rings. The van der Waals surface area contributed by atoms with Crippen molar-refractivity contribution in [3.05, 3.63) is 65.0 Å². The second-order valence-electron chi connectivity index (χ2n) is 6.24. The third-order valence-electron chi connectivity index (χ3n) is 3.46. The Morgan fingerprint density at radius 2 is 1.67 bits per heavy atom. The fourth-order valence-electron chi connectivity index (χ4n) is 2.04. The van der Waals surface area contributed by atoms with Gasteiger partial charge in [-0.05, 0) is 47.7 Å². The Morgan fingerprint density at radius 3 is 2.24 bits per heavy atom. The highest BCUT2D eigenvalue weighted by atomic mass is 19.1. The Labute approximate surface area is 125 Å². The van der Waals surface area contributed by atoms with Crippen LogP contribution in [0.2, 0.25) is 0 Å². The number of benzene rings is 2. The number of halogens is 1. The van der Waals surface area contributed by atoms with Crippen LogP contribution < -0.4 is 5.32 Å². The van der Waals surface area contributed by atoms with E-state index < -0.39 is 0 Å². The van der Waals surface area contributed by atoms with E-state index in [0.717, 1.165) is 5.56 Å². The highest BCUT2D eigenvalue weighted by molar-refractivity contribution is 6.04. The van der Waals surface area contributed by atoms with Crippen molar-refractivity contribution in [1.29, 1.82) is 0 Å². The van der Waals surface area contributed by atoms with E-state index >= 15 is 0 Å². The molecule has 0 radical (unpaired) electrons. The van der Waals surface area contributed by atoms with E-state index in [4.69, 9.17) is 0 Å². The molecule has 0 bridgehead atoms. The van der Waals surface area contributed by atoms with E-state index in [1.165, 1.54) is 17.7 Å². The van der Waals surface area contributed by atoms with Crippen molar-refractivity contribution in [2.75, 3.05) is 5.32 Å². The summed E-state index contributed by atoms with van der Waals surface area (Å²) in [7, 11) is 0. The predicted molar refractivity (Wildman–Crippen MR) is 84.2 cm³/mol. The zero-order chi connectivity index (χ0) is 15.6. The van der Waals surface area contributed by atoms with Crippen molar-refractivity contribution in [1.82, 2.24) is 0 Å². The molecule has 0 spiro atoms. The van der Waals surface area contributed by atoms with Gasteiger partial charge in [0.1, 0.15) is 5.82 Å². The fraction of sp³-hybridized carbons (Fsp3) is 0.278. The van der Waals surface area contributed by atoms with Gasteiger partial charge in [-0.3, -0.25) is 4.79 Å². The standard InChI is InChI=1S/C18H20FNO/c1-12-5-10-15(19)11-16(12)20-17(21)13-6-8-14(9-7-13)18(2,3)4/h5-11H,1-4H3,(H,20,21). The molecular formula is C18H20FNO. The number of anilines is 1. The van der Waals surface area contributed by atoms with E-state index in [2.05, 4.69) is 26.1 Å². The lowest BCUT2D eigenvalue weighted by Gasteiger charge is -2.19. The number of rotatable bonds is 2. The van der Waals surface area contributed by atoms with E-state index in [1.54, 1.807) is 18.2 Å². The molecule has 2 aromatic rings. The maximum absolute atomic E-state index is 13.2. The maximum Gasteiger partial charge on any atom is 0.255 e. The third kappa shape index (κ3) is 3.69. The van der Waals surface area contributed by atoms with Crippen LogP contribution in [0.4, 0.5) is 10.1 Å². The molecule has 1 N–H and O–H groups in total. The van der Waals surface area contributed by atoms with Crippen molar-refractivity contribution >= 4 is 11.6 Å². The maximum atomic E-state index is 13.2. The van der Waals surface area contributed by atoms with E-state index in [-0.39, 0.29) is 17.1 Å². The molecule has 21 heavy (non-hydrogen) atoms. The highest BCUT2D eigenvalue weighted by Crippen LogP contribution is 2.23. The van der Waals surface area contributed by atoms with Crippen molar-refractivity contribution in [2.45, 2.75) is 33.1 Å². The van der Waals surface area contributed by atoms with Crippen LogP contribution in [-0.2, 0) is 5.41 Å². The Bertz CT molecular complexity index is 654. The molecule has 110 valence electrons. The minimum Gasteiger partial charge on any atom is -0.322 e. The highest BCUT2D eigenvalue weighted by Gasteiger charge is 2.14. The van der Waals surface area contributed by atoms with Gasteiger partial charge in [0.2, 0.25) is 0 Å². The molecule has 0 aliphatic rings.